The van der Waals surface area contributed by atoms with Gasteiger partial charge >= 0.3 is 17.1 Å². The van der Waals surface area contributed by atoms with E-state index in [9.17, 15) is 0 Å². The van der Waals surface area contributed by atoms with E-state index in [0.717, 1.165) is 124 Å². The van der Waals surface area contributed by atoms with Crippen molar-refractivity contribution in [3.63, 3.8) is 0 Å². The number of halogens is 2. The molecular formula is C32H48Cl2MnN8. The molecule has 0 aromatic carbocycles. The first kappa shape index (κ1) is 41.0. The summed E-state index contributed by atoms with van der Waals surface area (Å²) in [6, 6.07) is 12.2. The van der Waals surface area contributed by atoms with Gasteiger partial charge in [-0.3, -0.25) is 20.0 Å². The molecule has 4 rings (SSSR count). The van der Waals surface area contributed by atoms with Crippen LogP contribution >= 0.6 is 0 Å². The van der Waals surface area contributed by atoms with Gasteiger partial charge in [0.1, 0.15) is 0 Å². The van der Waals surface area contributed by atoms with Gasteiger partial charge in [0.05, 0.1) is 45.6 Å². The molecule has 1 radical (unpaired) electrons. The Hall–Kier alpha value is -2.00. The number of pyridine rings is 2. The Morgan fingerprint density at radius 3 is 0.930 bits per heavy atom. The third kappa shape index (κ3) is 15.0. The molecule has 0 unspecified atom stereocenters. The molecule has 0 saturated heterocycles. The van der Waals surface area contributed by atoms with Gasteiger partial charge in [-0.1, -0.05) is 12.1 Å². The van der Waals surface area contributed by atoms with Crippen LogP contribution in [0.3, 0.4) is 0 Å². The van der Waals surface area contributed by atoms with E-state index in [-0.39, 0.29) is 41.9 Å². The Bertz CT molecular complexity index is 1040. The minimum absolute atomic E-state index is 0. The van der Waals surface area contributed by atoms with Crippen LogP contribution in [0.2, 0.25) is 0 Å². The second kappa shape index (κ2) is 22.5. The van der Waals surface area contributed by atoms with Gasteiger partial charge in [-0.05, 0) is 118 Å². The van der Waals surface area contributed by atoms with E-state index >= 15 is 0 Å². The molecule has 8 nitrogen and oxygen atoms in total. The average Bonchev–Trinajstić information content (AvgIpc) is 2.97. The fraction of sp³-hybridized carbons (Fsp3) is 0.562. The number of fused-ring (bicyclic) bond motifs is 4. The number of aliphatic imine (C=N–C) groups is 4. The number of aromatic nitrogens is 2. The second-order valence-corrected chi connectivity index (χ2v) is 10.7. The van der Waals surface area contributed by atoms with E-state index in [4.69, 9.17) is 0 Å². The smallest absolute Gasteiger partial charge is 1.00 e. The van der Waals surface area contributed by atoms with E-state index < -0.39 is 0 Å². The van der Waals surface area contributed by atoms with Crippen LogP contribution in [0, 0.1) is 0 Å². The van der Waals surface area contributed by atoms with E-state index in [1.807, 2.05) is 64.1 Å². The van der Waals surface area contributed by atoms with Crippen LogP contribution in [0.5, 0.6) is 0 Å². The van der Waals surface area contributed by atoms with Crippen LogP contribution in [0.1, 0.15) is 76.2 Å². The molecule has 0 spiro atoms. The molecule has 2 aromatic rings. The van der Waals surface area contributed by atoms with E-state index in [2.05, 4.69) is 53.8 Å². The molecule has 0 fully saturated rings. The van der Waals surface area contributed by atoms with Crippen molar-refractivity contribution >= 4 is 22.8 Å². The van der Waals surface area contributed by atoms with E-state index in [0.29, 0.717) is 0 Å². The predicted octanol–water partition coefficient (Wildman–Crippen LogP) is -1.14. The van der Waals surface area contributed by atoms with Gasteiger partial charge in [0.2, 0.25) is 0 Å². The summed E-state index contributed by atoms with van der Waals surface area (Å²) in [5.41, 5.74) is 7.90. The van der Waals surface area contributed by atoms with Crippen molar-refractivity contribution in [2.24, 2.45) is 20.0 Å². The van der Waals surface area contributed by atoms with Gasteiger partial charge in [0.15, 0.2) is 0 Å². The van der Waals surface area contributed by atoms with Crippen LogP contribution in [-0.4, -0.2) is 109 Å². The molecule has 2 aliphatic rings. The van der Waals surface area contributed by atoms with Crippen LogP contribution in [0.25, 0.3) is 0 Å². The van der Waals surface area contributed by atoms with Crippen LogP contribution in [0.15, 0.2) is 56.4 Å². The van der Waals surface area contributed by atoms with Crippen molar-refractivity contribution in [3.8, 4) is 0 Å². The molecule has 237 valence electrons. The number of hydrogen-bond acceptors (Lipinski definition) is 8. The van der Waals surface area contributed by atoms with Gasteiger partial charge in [-0.2, -0.15) is 0 Å². The Morgan fingerprint density at radius 2 is 0.698 bits per heavy atom. The number of rotatable bonds is 0. The first-order chi connectivity index (χ1) is 19.3. The molecule has 4 heterocycles. The second-order valence-electron chi connectivity index (χ2n) is 10.7. The molecule has 2 aliphatic heterocycles. The predicted molar refractivity (Wildman–Crippen MR) is 170 cm³/mol. The first-order valence-electron chi connectivity index (χ1n) is 14.7. The number of nitrogens with zero attached hydrogens (tertiary/aromatic N) is 8. The third-order valence-electron chi connectivity index (χ3n) is 7.17. The van der Waals surface area contributed by atoms with Crippen LogP contribution in [-0.2, 0) is 17.1 Å². The van der Waals surface area contributed by atoms with Crippen molar-refractivity contribution in [2.45, 2.75) is 53.4 Å². The zero-order chi connectivity index (χ0) is 28.7. The summed E-state index contributed by atoms with van der Waals surface area (Å²) in [5.74, 6) is 0. The van der Waals surface area contributed by atoms with Crippen molar-refractivity contribution < 1.29 is 41.9 Å². The SMILES string of the molecule is C/C1=N/CCCN(C)CCC/N=C(\C)c2cccc1n2.C/C1=N/CCCN(C)CCC/N=C(\C)c2cccc1n2.[Cl-].[Cl-].[Mn+2]. The summed E-state index contributed by atoms with van der Waals surface area (Å²) in [4.78, 5) is 32.6. The fourth-order valence-electron chi connectivity index (χ4n) is 4.57. The summed E-state index contributed by atoms with van der Waals surface area (Å²) in [6.07, 6.45) is 4.37. The van der Waals surface area contributed by atoms with E-state index in [1.165, 1.54) is 0 Å². The summed E-state index contributed by atoms with van der Waals surface area (Å²) >= 11 is 0. The summed E-state index contributed by atoms with van der Waals surface area (Å²) < 4.78 is 0. The third-order valence-corrected chi connectivity index (χ3v) is 7.17. The van der Waals surface area contributed by atoms with Crippen molar-refractivity contribution in [1.82, 2.24) is 19.8 Å². The quantitative estimate of drug-likeness (QED) is 0.332. The fourth-order valence-corrected chi connectivity index (χ4v) is 4.57. The topological polar surface area (TPSA) is 81.7 Å². The molecule has 2 aromatic heterocycles. The van der Waals surface area contributed by atoms with Gasteiger partial charge in [0.25, 0.3) is 0 Å². The first-order valence-corrected chi connectivity index (χ1v) is 14.7. The van der Waals surface area contributed by atoms with Gasteiger partial charge in [-0.25, -0.2) is 9.97 Å². The van der Waals surface area contributed by atoms with Gasteiger partial charge in [-0.15, -0.1) is 0 Å². The van der Waals surface area contributed by atoms with E-state index in [1.54, 1.807) is 0 Å². The summed E-state index contributed by atoms with van der Waals surface area (Å²) in [7, 11) is 4.34. The maximum absolute atomic E-state index is 4.67. The molecule has 0 saturated carbocycles. The monoisotopic (exact) mass is 669 g/mol. The normalized spacial score (nSPS) is 22.5. The molecular weight excluding hydrogens is 622 g/mol. The van der Waals surface area contributed by atoms with Gasteiger partial charge < -0.3 is 34.6 Å². The molecule has 0 aliphatic carbocycles. The minimum atomic E-state index is 0. The molecule has 0 amide bonds. The zero-order valence-corrected chi connectivity index (χ0v) is 29.4. The van der Waals surface area contributed by atoms with Crippen LogP contribution in [0.4, 0.5) is 0 Å². The standard InChI is InChI=1S/2C16H24N4.2ClH.Mn/c2*1-13-15-7-4-8-16(19-15)14(2)18-10-6-12-20(3)11-5-9-17-13;;;/h2*4,7-8H,5-6,9-12H2,1-3H3;2*1H;/q;;;;+2/p-2/b2*17-13-,18-14+;;;. The maximum Gasteiger partial charge on any atom is 2.00 e. The molecule has 43 heavy (non-hydrogen) atoms. The van der Waals surface area contributed by atoms with Crippen LogP contribution < -0.4 is 24.8 Å². The maximum atomic E-state index is 4.67. The van der Waals surface area contributed by atoms with Crippen molar-refractivity contribution in [1.29, 1.82) is 0 Å². The van der Waals surface area contributed by atoms with Crippen molar-refractivity contribution in [3.05, 3.63) is 59.2 Å². The average molecular weight is 671 g/mol. The largest absolute Gasteiger partial charge is 2.00 e. The van der Waals surface area contributed by atoms with Crippen molar-refractivity contribution in [2.75, 3.05) is 66.5 Å². The Morgan fingerprint density at radius 1 is 0.465 bits per heavy atom. The molecule has 11 heteroatoms. The Labute approximate surface area is 282 Å². The molecule has 4 bridgehead atoms. The Kier molecular flexibility index (Phi) is 21.5. The summed E-state index contributed by atoms with van der Waals surface area (Å²) in [5, 5.41) is 0. The number of hydrogen-bond donors (Lipinski definition) is 0. The Balaban J connectivity index is 0.000000767. The summed E-state index contributed by atoms with van der Waals surface area (Å²) in [6.45, 7) is 16.0. The van der Waals surface area contributed by atoms with Gasteiger partial charge in [0, 0.05) is 26.2 Å². The minimum Gasteiger partial charge on any atom is -1.00 e. The molecule has 0 N–H and O–H groups in total. The zero-order valence-electron chi connectivity index (χ0n) is 26.7. The molecule has 0 atom stereocenters.